The Labute approximate surface area is 110 Å². The fourth-order valence-corrected chi connectivity index (χ4v) is 3.93. The molecule has 2 aliphatic rings. The van der Waals surface area contributed by atoms with E-state index >= 15 is 0 Å². The minimum absolute atomic E-state index is 0.527. The van der Waals surface area contributed by atoms with Crippen LogP contribution in [0.4, 0.5) is 0 Å². The zero-order valence-corrected chi connectivity index (χ0v) is 12.4. The Morgan fingerprint density at radius 3 is 2.82 bits per heavy atom. The SMILES string of the molecule is CC(C)CC1CSC(NC2CCC(C)(C)C2)=N1. The molecule has 1 aliphatic carbocycles. The van der Waals surface area contributed by atoms with Crippen molar-refractivity contribution in [3.05, 3.63) is 0 Å². The van der Waals surface area contributed by atoms with E-state index in [-0.39, 0.29) is 0 Å². The van der Waals surface area contributed by atoms with Crippen LogP contribution in [0.2, 0.25) is 0 Å². The second kappa shape index (κ2) is 5.21. The minimum atomic E-state index is 0.527. The number of nitrogens with zero attached hydrogens (tertiary/aromatic N) is 1. The standard InChI is InChI=1S/C14H26N2S/c1-10(2)7-12-9-17-13(16-12)15-11-5-6-14(3,4)8-11/h10-12H,5-9H2,1-4H3,(H,15,16). The Kier molecular flexibility index (Phi) is 4.06. The van der Waals surface area contributed by atoms with Gasteiger partial charge in [0.1, 0.15) is 0 Å². The molecular formula is C14H26N2S. The molecule has 3 heteroatoms. The molecule has 2 rings (SSSR count). The topological polar surface area (TPSA) is 24.4 Å². The highest BCUT2D eigenvalue weighted by molar-refractivity contribution is 8.14. The zero-order valence-electron chi connectivity index (χ0n) is 11.6. The van der Waals surface area contributed by atoms with Crippen molar-refractivity contribution < 1.29 is 0 Å². The fourth-order valence-electron chi connectivity index (χ4n) is 2.89. The molecule has 0 aromatic heterocycles. The molecule has 1 aliphatic heterocycles. The lowest BCUT2D eigenvalue weighted by atomic mass is 9.92. The first kappa shape index (κ1) is 13.3. The lowest BCUT2D eigenvalue weighted by Crippen LogP contribution is -2.30. The monoisotopic (exact) mass is 254 g/mol. The van der Waals surface area contributed by atoms with E-state index in [9.17, 15) is 0 Å². The quantitative estimate of drug-likeness (QED) is 0.831. The van der Waals surface area contributed by atoms with Crippen molar-refractivity contribution in [1.29, 1.82) is 0 Å². The molecule has 2 nitrogen and oxygen atoms in total. The Balaban J connectivity index is 1.81. The summed E-state index contributed by atoms with van der Waals surface area (Å²) in [6.45, 7) is 9.32. The second-order valence-corrected chi connectivity index (χ2v) is 7.79. The molecule has 98 valence electrons. The maximum atomic E-state index is 4.81. The van der Waals surface area contributed by atoms with Crippen LogP contribution < -0.4 is 5.32 Å². The molecular weight excluding hydrogens is 228 g/mol. The smallest absolute Gasteiger partial charge is 0.157 e. The first-order valence-electron chi connectivity index (χ1n) is 6.92. The summed E-state index contributed by atoms with van der Waals surface area (Å²) < 4.78 is 0. The normalized spacial score (nSPS) is 31.9. The molecule has 0 spiro atoms. The Morgan fingerprint density at radius 1 is 1.47 bits per heavy atom. The average molecular weight is 254 g/mol. The van der Waals surface area contributed by atoms with E-state index in [1.54, 1.807) is 0 Å². The summed E-state index contributed by atoms with van der Waals surface area (Å²) in [6.07, 6.45) is 5.18. The maximum absolute atomic E-state index is 4.81. The van der Waals surface area contributed by atoms with Gasteiger partial charge in [0.25, 0.3) is 0 Å². The molecule has 0 aromatic rings. The summed E-state index contributed by atoms with van der Waals surface area (Å²) in [5.74, 6) is 1.94. The van der Waals surface area contributed by atoms with E-state index in [2.05, 4.69) is 33.0 Å². The molecule has 0 saturated heterocycles. The van der Waals surface area contributed by atoms with E-state index in [0.717, 1.165) is 5.92 Å². The summed E-state index contributed by atoms with van der Waals surface area (Å²) in [4.78, 5) is 4.81. The van der Waals surface area contributed by atoms with Crippen LogP contribution in [-0.4, -0.2) is 23.0 Å². The van der Waals surface area contributed by atoms with Gasteiger partial charge in [0, 0.05) is 11.8 Å². The van der Waals surface area contributed by atoms with Gasteiger partial charge in [-0.2, -0.15) is 0 Å². The number of rotatable bonds is 3. The molecule has 0 aromatic carbocycles. The van der Waals surface area contributed by atoms with Gasteiger partial charge < -0.3 is 5.32 Å². The van der Waals surface area contributed by atoms with Crippen LogP contribution in [0, 0.1) is 11.3 Å². The molecule has 1 saturated carbocycles. The van der Waals surface area contributed by atoms with E-state index in [0.29, 0.717) is 17.5 Å². The first-order chi connectivity index (χ1) is 7.94. The van der Waals surface area contributed by atoms with Gasteiger partial charge in [-0.15, -0.1) is 0 Å². The van der Waals surface area contributed by atoms with Crippen LogP contribution in [0.15, 0.2) is 4.99 Å². The van der Waals surface area contributed by atoms with Crippen molar-refractivity contribution >= 4 is 16.9 Å². The van der Waals surface area contributed by atoms with Gasteiger partial charge in [-0.3, -0.25) is 4.99 Å². The average Bonchev–Trinajstić information content (AvgIpc) is 2.73. The Bertz CT molecular complexity index is 297. The molecule has 0 amide bonds. The zero-order chi connectivity index (χ0) is 12.5. The lowest BCUT2D eigenvalue weighted by Gasteiger charge is -2.18. The van der Waals surface area contributed by atoms with Crippen molar-refractivity contribution in [2.45, 2.75) is 65.5 Å². The molecule has 1 N–H and O–H groups in total. The summed E-state index contributed by atoms with van der Waals surface area (Å²) in [6, 6.07) is 1.21. The van der Waals surface area contributed by atoms with Crippen LogP contribution >= 0.6 is 11.8 Å². The summed E-state index contributed by atoms with van der Waals surface area (Å²) in [5.41, 5.74) is 0.527. The van der Waals surface area contributed by atoms with E-state index < -0.39 is 0 Å². The second-order valence-electron chi connectivity index (χ2n) is 6.78. The number of nitrogens with one attached hydrogen (secondary N) is 1. The van der Waals surface area contributed by atoms with Crippen LogP contribution in [0.5, 0.6) is 0 Å². The Morgan fingerprint density at radius 2 is 2.24 bits per heavy atom. The van der Waals surface area contributed by atoms with Gasteiger partial charge in [0.05, 0.1) is 6.04 Å². The van der Waals surface area contributed by atoms with Crippen molar-refractivity contribution in [2.75, 3.05) is 5.75 Å². The van der Waals surface area contributed by atoms with Gasteiger partial charge in [-0.05, 0) is 37.0 Å². The number of hydrogen-bond donors (Lipinski definition) is 1. The van der Waals surface area contributed by atoms with Crippen molar-refractivity contribution in [1.82, 2.24) is 5.32 Å². The molecule has 17 heavy (non-hydrogen) atoms. The van der Waals surface area contributed by atoms with Crippen LogP contribution in [0.3, 0.4) is 0 Å². The molecule has 1 fully saturated rings. The van der Waals surface area contributed by atoms with Crippen LogP contribution in [-0.2, 0) is 0 Å². The van der Waals surface area contributed by atoms with Crippen LogP contribution in [0.25, 0.3) is 0 Å². The first-order valence-corrected chi connectivity index (χ1v) is 7.90. The Hall–Kier alpha value is -0.180. The number of aliphatic imine (C=N–C) groups is 1. The van der Waals surface area contributed by atoms with Gasteiger partial charge in [-0.25, -0.2) is 0 Å². The molecule has 0 bridgehead atoms. The van der Waals surface area contributed by atoms with Crippen molar-refractivity contribution in [2.24, 2.45) is 16.3 Å². The van der Waals surface area contributed by atoms with Crippen LogP contribution in [0.1, 0.15) is 53.4 Å². The third kappa shape index (κ3) is 3.90. The predicted octanol–water partition coefficient (Wildman–Crippen LogP) is 3.67. The highest BCUT2D eigenvalue weighted by atomic mass is 32.2. The summed E-state index contributed by atoms with van der Waals surface area (Å²) in [7, 11) is 0. The molecule has 2 atom stereocenters. The summed E-state index contributed by atoms with van der Waals surface area (Å²) >= 11 is 1.92. The summed E-state index contributed by atoms with van der Waals surface area (Å²) in [5, 5.41) is 4.86. The molecule has 2 unspecified atom stereocenters. The van der Waals surface area contributed by atoms with Gasteiger partial charge in [0.15, 0.2) is 5.17 Å². The number of thioether (sulfide) groups is 1. The molecule has 0 radical (unpaired) electrons. The molecule has 1 heterocycles. The van der Waals surface area contributed by atoms with Gasteiger partial charge >= 0.3 is 0 Å². The number of hydrogen-bond acceptors (Lipinski definition) is 3. The number of amidine groups is 1. The van der Waals surface area contributed by atoms with Gasteiger partial charge in [-0.1, -0.05) is 39.5 Å². The highest BCUT2D eigenvalue weighted by Gasteiger charge is 2.32. The predicted molar refractivity (Wildman–Crippen MR) is 77.7 cm³/mol. The van der Waals surface area contributed by atoms with E-state index in [4.69, 9.17) is 4.99 Å². The maximum Gasteiger partial charge on any atom is 0.157 e. The third-order valence-corrected chi connectivity index (χ3v) is 4.80. The fraction of sp³-hybridized carbons (Fsp3) is 0.929. The minimum Gasteiger partial charge on any atom is -0.362 e. The largest absolute Gasteiger partial charge is 0.362 e. The third-order valence-electron chi connectivity index (χ3n) is 3.75. The van der Waals surface area contributed by atoms with E-state index in [1.807, 2.05) is 11.8 Å². The lowest BCUT2D eigenvalue weighted by molar-refractivity contribution is 0.372. The van der Waals surface area contributed by atoms with Crippen molar-refractivity contribution in [3.8, 4) is 0 Å². The highest BCUT2D eigenvalue weighted by Crippen LogP contribution is 2.37. The van der Waals surface area contributed by atoms with Gasteiger partial charge in [0.2, 0.25) is 0 Å². The van der Waals surface area contributed by atoms with E-state index in [1.165, 1.54) is 36.6 Å². The van der Waals surface area contributed by atoms with Crippen molar-refractivity contribution in [3.63, 3.8) is 0 Å².